The number of hydrogen-bond donors (Lipinski definition) is 0. The number of fused-ring (bicyclic) bond motifs is 1. The molecule has 0 radical (unpaired) electrons. The Morgan fingerprint density at radius 1 is 1.02 bits per heavy atom. The van der Waals surface area contributed by atoms with Gasteiger partial charge in [-0.1, -0.05) is 60.1 Å². The van der Waals surface area contributed by atoms with E-state index in [1.165, 1.54) is 60.4 Å². The first-order chi connectivity index (χ1) is 30.5. The number of halogens is 5. The summed E-state index contributed by atoms with van der Waals surface area (Å²) in [7, 11) is -2.94. The largest absolute Gasteiger partial charge is 0.416 e. The normalized spacial score (nSPS) is 18.8. The topological polar surface area (TPSA) is 54.8 Å². The second-order valence-corrected chi connectivity index (χ2v) is 13.0. The molecule has 0 aliphatic carbocycles. The average Bonchev–Trinajstić information content (AvgIpc) is 3.25. The number of amides is 1. The summed E-state index contributed by atoms with van der Waals surface area (Å²) >= 11 is 0.406. The van der Waals surface area contributed by atoms with Crippen molar-refractivity contribution in [3.63, 3.8) is 0 Å². The molecule has 1 fully saturated rings. The Hall–Kier alpha value is -4.52. The van der Waals surface area contributed by atoms with Crippen LogP contribution in [0.3, 0.4) is 0 Å². The molecular weight excluding hydrogens is 710 g/mol. The number of methoxy groups -OCH3 is 1. The number of pyridine rings is 1. The van der Waals surface area contributed by atoms with Gasteiger partial charge in [0.05, 0.1) is 37.8 Å². The Morgan fingerprint density at radius 3 is 2.40 bits per heavy atom. The number of hydrogen-bond acceptors (Lipinski definition) is 5. The molecule has 278 valence electrons. The summed E-state index contributed by atoms with van der Waals surface area (Å²) in [5, 5.41) is -1.44. The number of nitrogens with zero attached hydrogens (tertiary/aromatic N) is 3. The zero-order valence-electron chi connectivity index (χ0n) is 41.0. The molecule has 1 saturated heterocycles. The van der Waals surface area contributed by atoms with E-state index in [2.05, 4.69) is 0 Å². The first kappa shape index (κ1) is 24.7. The van der Waals surface area contributed by atoms with Gasteiger partial charge in [0.15, 0.2) is 17.1 Å². The highest BCUT2D eigenvalue weighted by Crippen LogP contribution is 2.32. The van der Waals surface area contributed by atoms with Gasteiger partial charge in [-0.3, -0.25) is 9.59 Å². The fourth-order valence-electron chi connectivity index (χ4n) is 5.75. The lowest BCUT2D eigenvalue weighted by Crippen LogP contribution is -2.48. The molecule has 2 heterocycles. The van der Waals surface area contributed by atoms with Gasteiger partial charge < -0.3 is 19.1 Å². The van der Waals surface area contributed by atoms with Gasteiger partial charge >= 0.3 is 6.18 Å². The molecule has 0 N–H and O–H groups in total. The first-order valence-corrected chi connectivity index (χ1v) is 17.2. The summed E-state index contributed by atoms with van der Waals surface area (Å²) in [6.45, 7) is -9.18. The lowest BCUT2D eigenvalue weighted by Gasteiger charge is -2.39. The predicted molar refractivity (Wildman–Crippen MR) is 198 cm³/mol. The van der Waals surface area contributed by atoms with Gasteiger partial charge in [-0.2, -0.15) is 13.2 Å². The standard InChI is InChI=1S/C41H40F5N3O3S/c1-27-6-15-36-34(22-27)37(50)23-39(53-26-31-4-3-5-35(42)40(31)43)49(36)25-38(51)48(33-16-18-47(19-17-33)20-21-52-2)24-28-7-9-29(10-8-28)30-11-13-32(14-12-30)41(44,45)46/h3-15,22-23,33H,16-21,24-26H2,1-2H3/i2D3,6D,15D,20D2,22D,23D,24D2,25D2. The number of carbonyl (C=O) groups excluding carboxylic acids is 1. The van der Waals surface area contributed by atoms with Crippen molar-refractivity contribution in [2.24, 2.45) is 0 Å². The van der Waals surface area contributed by atoms with E-state index >= 15 is 4.79 Å². The fourth-order valence-corrected chi connectivity index (χ4v) is 6.69. The highest BCUT2D eigenvalue weighted by molar-refractivity contribution is 7.98. The van der Waals surface area contributed by atoms with Crippen LogP contribution in [0.4, 0.5) is 22.0 Å². The van der Waals surface area contributed by atoms with E-state index in [0.717, 1.165) is 18.2 Å². The average molecular weight is 763 g/mol. The van der Waals surface area contributed by atoms with Crippen LogP contribution in [0.25, 0.3) is 22.0 Å². The van der Waals surface area contributed by atoms with Gasteiger partial charge in [0.1, 0.15) is 6.50 Å². The number of rotatable bonds is 12. The van der Waals surface area contributed by atoms with Crippen LogP contribution in [0.2, 0.25) is 0 Å². The van der Waals surface area contributed by atoms with E-state index < -0.39 is 120 Å². The minimum absolute atomic E-state index is 0.196. The van der Waals surface area contributed by atoms with Gasteiger partial charge in [0, 0.05) is 64.6 Å². The Bertz CT molecular complexity index is 2710. The number of carbonyl (C=O) groups is 1. The van der Waals surface area contributed by atoms with E-state index in [9.17, 15) is 32.2 Å². The lowest BCUT2D eigenvalue weighted by atomic mass is 10.00. The highest BCUT2D eigenvalue weighted by atomic mass is 32.2. The zero-order valence-corrected chi connectivity index (χ0v) is 28.9. The third kappa shape index (κ3) is 9.17. The monoisotopic (exact) mass is 762 g/mol. The molecule has 0 unspecified atom stereocenters. The van der Waals surface area contributed by atoms with Crippen molar-refractivity contribution in [2.45, 2.75) is 55.8 Å². The van der Waals surface area contributed by atoms with E-state index in [1.54, 1.807) is 0 Å². The zero-order chi connectivity index (χ0) is 49.1. The first-order valence-electron chi connectivity index (χ1n) is 22.7. The smallest absolute Gasteiger partial charge is 0.383 e. The molecule has 0 atom stereocenters. The number of benzene rings is 4. The van der Waals surface area contributed by atoms with E-state index in [0.29, 0.717) is 32.4 Å². The van der Waals surface area contributed by atoms with Crippen molar-refractivity contribution in [3.8, 4) is 11.1 Å². The van der Waals surface area contributed by atoms with E-state index in [-0.39, 0.29) is 42.6 Å². The van der Waals surface area contributed by atoms with Crippen LogP contribution in [0, 0.1) is 18.6 Å². The van der Waals surface area contributed by atoms with Crippen LogP contribution in [0.15, 0.2) is 101 Å². The molecule has 6 rings (SSSR count). The minimum Gasteiger partial charge on any atom is -0.383 e. The van der Waals surface area contributed by atoms with Crippen LogP contribution in [-0.4, -0.2) is 59.5 Å². The quantitative estimate of drug-likeness (QED) is 0.0941. The summed E-state index contributed by atoms with van der Waals surface area (Å²) in [4.78, 5) is 30.9. The molecule has 0 bridgehead atoms. The molecule has 1 aliphatic heterocycles. The number of alkyl halides is 3. The van der Waals surface area contributed by atoms with Crippen LogP contribution >= 0.6 is 11.8 Å². The van der Waals surface area contributed by atoms with Crippen molar-refractivity contribution >= 4 is 28.6 Å². The van der Waals surface area contributed by atoms with Gasteiger partial charge in [0.25, 0.3) is 0 Å². The number of piperidine rings is 1. The SMILES string of the molecule is [2H]c1c(C)c([2H])c2c(=O)c([2H])c(SCc3cccc(F)c3F)n(C([2H])([2H])C(=O)N(C3CCN(C([2H])([2H])COC([2H])([2H])[2H])CC3)C([2H])([2H])c3ccc(-c4ccc(C(F)(F)F)cc4)cc3)c2c1[2H]. The molecule has 1 amide bonds. The molecule has 1 aliphatic rings. The Balaban J connectivity index is 1.51. The van der Waals surface area contributed by atoms with Crippen molar-refractivity contribution in [1.29, 1.82) is 0 Å². The summed E-state index contributed by atoms with van der Waals surface area (Å²) in [5.41, 5.74) is -3.05. The second-order valence-electron chi connectivity index (χ2n) is 12.0. The summed E-state index contributed by atoms with van der Waals surface area (Å²) in [6, 6.07) is 7.96. The Morgan fingerprint density at radius 2 is 1.72 bits per heavy atom. The van der Waals surface area contributed by atoms with Gasteiger partial charge in [-0.05, 0) is 66.7 Å². The maximum Gasteiger partial charge on any atom is 0.416 e. The fraction of sp³-hybridized carbons (Fsp3) is 0.317. The molecular formula is C41H40F5N3O3S. The maximum absolute atomic E-state index is 15.3. The molecule has 12 heteroatoms. The number of aromatic nitrogens is 1. The van der Waals surface area contributed by atoms with Gasteiger partial charge in [-0.25, -0.2) is 8.78 Å². The van der Waals surface area contributed by atoms with Crippen molar-refractivity contribution in [3.05, 3.63) is 135 Å². The summed E-state index contributed by atoms with van der Waals surface area (Å²) in [5.74, 6) is -4.83. The van der Waals surface area contributed by atoms with Gasteiger partial charge in [0.2, 0.25) is 5.91 Å². The predicted octanol–water partition coefficient (Wildman–Crippen LogP) is 8.71. The van der Waals surface area contributed by atoms with E-state index in [1.807, 2.05) is 0 Å². The van der Waals surface area contributed by atoms with Crippen LogP contribution < -0.4 is 5.43 Å². The van der Waals surface area contributed by atoms with Crippen LogP contribution in [0.5, 0.6) is 0 Å². The maximum atomic E-state index is 15.3. The van der Waals surface area contributed by atoms with Crippen molar-refractivity contribution in [2.75, 3.05) is 33.2 Å². The minimum atomic E-state index is -4.61. The van der Waals surface area contributed by atoms with Gasteiger partial charge in [-0.15, -0.1) is 11.8 Å². The summed E-state index contributed by atoms with van der Waals surface area (Å²) in [6.07, 6.45) is -5.13. The Labute approximate surface area is 327 Å². The lowest BCUT2D eigenvalue weighted by molar-refractivity contribution is -0.137. The molecule has 53 heavy (non-hydrogen) atoms. The molecule has 0 spiro atoms. The number of thioether (sulfide) groups is 1. The molecule has 0 saturated carbocycles. The van der Waals surface area contributed by atoms with Crippen LogP contribution in [-0.2, 0) is 34.5 Å². The highest BCUT2D eigenvalue weighted by Gasteiger charge is 2.31. The number of likely N-dealkylation sites (tertiary alicyclic amines) is 1. The molecule has 5 aromatic rings. The van der Waals surface area contributed by atoms with Crippen molar-refractivity contribution in [1.82, 2.24) is 14.4 Å². The summed E-state index contributed by atoms with van der Waals surface area (Å²) < 4.78 is 187. The second kappa shape index (κ2) is 16.7. The third-order valence-corrected chi connectivity index (χ3v) is 9.50. The third-order valence-electron chi connectivity index (χ3n) is 8.48. The molecule has 1 aromatic heterocycles. The van der Waals surface area contributed by atoms with Crippen LogP contribution in [0.1, 0.15) is 52.9 Å². The Kier molecular flexibility index (Phi) is 7.77. The van der Waals surface area contributed by atoms with E-state index in [4.69, 9.17) is 17.1 Å². The molecule has 4 aromatic carbocycles. The number of ether oxygens (including phenoxy) is 1. The van der Waals surface area contributed by atoms with Crippen molar-refractivity contribution < 1.29 is 49.3 Å². The molecule has 6 nitrogen and oxygen atoms in total.